The number of nitrogens with one attached hydrogen (secondary N) is 1. The summed E-state index contributed by atoms with van der Waals surface area (Å²) < 4.78 is 0. The smallest absolute Gasteiger partial charge is 0.137 e. The molecule has 0 radical (unpaired) electrons. The lowest BCUT2D eigenvalue weighted by molar-refractivity contribution is 0.412. The van der Waals surface area contributed by atoms with Gasteiger partial charge in [-0.2, -0.15) is 0 Å². The maximum absolute atomic E-state index is 4.67. The van der Waals surface area contributed by atoms with Gasteiger partial charge in [0.05, 0.1) is 0 Å². The molecule has 20 heavy (non-hydrogen) atoms. The monoisotopic (exact) mass is 279 g/mol. The van der Waals surface area contributed by atoms with Gasteiger partial charge in [-0.3, -0.25) is 0 Å². The molecule has 0 aliphatic heterocycles. The average Bonchev–Trinajstić information content (AvgIpc) is 2.38. The summed E-state index contributed by atoms with van der Waals surface area (Å²) in [6.45, 7) is 12.3. The Morgan fingerprint density at radius 3 is 2.25 bits per heavy atom. The van der Waals surface area contributed by atoms with Gasteiger partial charge < -0.3 is 15.1 Å². The fourth-order valence-electron chi connectivity index (χ4n) is 2.18. The van der Waals surface area contributed by atoms with Crippen LogP contribution in [0.1, 0.15) is 31.7 Å². The molecule has 0 aromatic carbocycles. The van der Waals surface area contributed by atoms with Gasteiger partial charge in [-0.05, 0) is 41.3 Å². The zero-order valence-electron chi connectivity index (χ0n) is 13.8. The van der Waals surface area contributed by atoms with Crippen LogP contribution in [0.3, 0.4) is 0 Å². The van der Waals surface area contributed by atoms with E-state index in [1.165, 1.54) is 0 Å². The second kappa shape index (κ2) is 8.04. The molecule has 1 rings (SSSR count). The first kappa shape index (κ1) is 16.7. The minimum absolute atomic E-state index is 0.826. The third-order valence-corrected chi connectivity index (χ3v) is 3.19. The maximum Gasteiger partial charge on any atom is 0.137 e. The first-order chi connectivity index (χ1) is 9.49. The molecule has 0 atom stereocenters. The van der Waals surface area contributed by atoms with E-state index in [4.69, 9.17) is 0 Å². The summed E-state index contributed by atoms with van der Waals surface area (Å²) in [5, 5.41) is 3.33. The largest absolute Gasteiger partial charge is 0.370 e. The molecular weight excluding hydrogens is 250 g/mol. The van der Waals surface area contributed by atoms with Crippen LogP contribution in [-0.2, 0) is 0 Å². The molecule has 0 spiro atoms. The normalized spacial score (nSPS) is 10.9. The van der Waals surface area contributed by atoms with Gasteiger partial charge >= 0.3 is 0 Å². The molecule has 0 amide bonds. The lowest BCUT2D eigenvalue weighted by Gasteiger charge is -2.27. The second-order valence-electron chi connectivity index (χ2n) is 5.39. The molecule has 0 aliphatic rings. The molecule has 5 nitrogen and oxygen atoms in total. The van der Waals surface area contributed by atoms with Gasteiger partial charge in [0.1, 0.15) is 17.5 Å². The van der Waals surface area contributed by atoms with Crippen LogP contribution in [0.5, 0.6) is 0 Å². The van der Waals surface area contributed by atoms with Crippen LogP contribution in [0.25, 0.3) is 0 Å². The quantitative estimate of drug-likeness (QED) is 0.791. The predicted molar refractivity (Wildman–Crippen MR) is 86.7 cm³/mol. The van der Waals surface area contributed by atoms with Gasteiger partial charge in [0.15, 0.2) is 0 Å². The van der Waals surface area contributed by atoms with E-state index in [1.807, 2.05) is 6.92 Å². The molecule has 0 saturated carbocycles. The van der Waals surface area contributed by atoms with Crippen molar-refractivity contribution >= 4 is 11.6 Å². The Labute approximate surface area is 123 Å². The van der Waals surface area contributed by atoms with Crippen molar-refractivity contribution in [3.05, 3.63) is 11.4 Å². The van der Waals surface area contributed by atoms with Gasteiger partial charge in [0.25, 0.3) is 0 Å². The summed E-state index contributed by atoms with van der Waals surface area (Å²) in [6, 6.07) is 0. The van der Waals surface area contributed by atoms with Crippen LogP contribution in [0, 0.1) is 13.8 Å². The van der Waals surface area contributed by atoms with E-state index in [1.54, 1.807) is 0 Å². The highest BCUT2D eigenvalue weighted by molar-refractivity contribution is 5.58. The number of likely N-dealkylation sites (N-methyl/N-ethyl adjacent to an activating group) is 1. The number of hydrogen-bond donors (Lipinski definition) is 1. The lowest BCUT2D eigenvalue weighted by Crippen LogP contribution is -2.33. The van der Waals surface area contributed by atoms with Crippen molar-refractivity contribution in [1.29, 1.82) is 0 Å². The van der Waals surface area contributed by atoms with Crippen LogP contribution in [0.15, 0.2) is 0 Å². The van der Waals surface area contributed by atoms with Gasteiger partial charge in [-0.15, -0.1) is 0 Å². The predicted octanol–water partition coefficient (Wildman–Crippen LogP) is 2.30. The van der Waals surface area contributed by atoms with Crippen molar-refractivity contribution in [2.45, 2.75) is 34.1 Å². The van der Waals surface area contributed by atoms with E-state index >= 15 is 0 Å². The second-order valence-corrected chi connectivity index (χ2v) is 5.39. The van der Waals surface area contributed by atoms with E-state index in [0.29, 0.717) is 0 Å². The molecule has 0 fully saturated rings. The average molecular weight is 279 g/mol. The number of anilines is 2. The fourth-order valence-corrected chi connectivity index (χ4v) is 2.18. The Balaban J connectivity index is 3.04. The number of rotatable bonds is 8. The zero-order chi connectivity index (χ0) is 15.1. The Hall–Kier alpha value is -1.36. The third kappa shape index (κ3) is 4.63. The molecule has 1 aromatic heterocycles. The molecule has 5 heteroatoms. The molecule has 114 valence electrons. The van der Waals surface area contributed by atoms with Crippen molar-refractivity contribution in [3.8, 4) is 0 Å². The summed E-state index contributed by atoms with van der Waals surface area (Å²) in [5.74, 6) is 2.85. The van der Waals surface area contributed by atoms with Crippen LogP contribution in [-0.4, -0.2) is 55.1 Å². The molecule has 0 saturated heterocycles. The minimum Gasteiger partial charge on any atom is -0.370 e. The standard InChI is InChI=1S/C15H29N5/c1-7-9-20(11-10-19(5)6)15-12(3)14(16-8-2)17-13(4)18-15/h7-11H2,1-6H3,(H,16,17,18). The van der Waals surface area contributed by atoms with E-state index in [9.17, 15) is 0 Å². The van der Waals surface area contributed by atoms with Gasteiger partial charge in [-0.1, -0.05) is 6.92 Å². The minimum atomic E-state index is 0.826. The van der Waals surface area contributed by atoms with E-state index in [0.717, 1.165) is 55.6 Å². The maximum atomic E-state index is 4.67. The van der Waals surface area contributed by atoms with Gasteiger partial charge in [0.2, 0.25) is 0 Å². The summed E-state index contributed by atoms with van der Waals surface area (Å²) in [4.78, 5) is 13.7. The van der Waals surface area contributed by atoms with Crippen LogP contribution >= 0.6 is 0 Å². The first-order valence-electron chi connectivity index (χ1n) is 7.48. The van der Waals surface area contributed by atoms with Crippen LogP contribution in [0.2, 0.25) is 0 Å². The van der Waals surface area contributed by atoms with Crippen LogP contribution in [0.4, 0.5) is 11.6 Å². The Morgan fingerprint density at radius 2 is 1.70 bits per heavy atom. The Morgan fingerprint density at radius 1 is 1.00 bits per heavy atom. The van der Waals surface area contributed by atoms with Crippen LogP contribution < -0.4 is 10.2 Å². The van der Waals surface area contributed by atoms with E-state index < -0.39 is 0 Å². The Bertz CT molecular complexity index is 417. The van der Waals surface area contributed by atoms with E-state index in [-0.39, 0.29) is 0 Å². The molecule has 1 aromatic rings. The molecule has 1 N–H and O–H groups in total. The highest BCUT2D eigenvalue weighted by atomic mass is 15.2. The summed E-state index contributed by atoms with van der Waals surface area (Å²) >= 11 is 0. The number of aromatic nitrogens is 2. The van der Waals surface area contributed by atoms with Crippen molar-refractivity contribution in [2.75, 3.05) is 50.5 Å². The zero-order valence-corrected chi connectivity index (χ0v) is 13.8. The third-order valence-electron chi connectivity index (χ3n) is 3.19. The molecule has 0 bridgehead atoms. The van der Waals surface area contributed by atoms with E-state index in [2.05, 4.69) is 60.0 Å². The molecule has 1 heterocycles. The first-order valence-corrected chi connectivity index (χ1v) is 7.48. The van der Waals surface area contributed by atoms with Crippen molar-refractivity contribution in [1.82, 2.24) is 14.9 Å². The van der Waals surface area contributed by atoms with Gasteiger partial charge in [-0.25, -0.2) is 9.97 Å². The Kier molecular flexibility index (Phi) is 6.71. The molecule has 0 aliphatic carbocycles. The highest BCUT2D eigenvalue weighted by Gasteiger charge is 2.15. The lowest BCUT2D eigenvalue weighted by atomic mass is 10.2. The number of aryl methyl sites for hydroxylation is 1. The summed E-state index contributed by atoms with van der Waals surface area (Å²) in [5.41, 5.74) is 1.14. The fraction of sp³-hybridized carbons (Fsp3) is 0.733. The molecular formula is C15H29N5. The van der Waals surface area contributed by atoms with Crippen molar-refractivity contribution in [2.24, 2.45) is 0 Å². The van der Waals surface area contributed by atoms with Gasteiger partial charge in [0, 0.05) is 31.7 Å². The summed E-state index contributed by atoms with van der Waals surface area (Å²) in [6.07, 6.45) is 1.12. The SMILES string of the molecule is CCCN(CCN(C)C)c1nc(C)nc(NCC)c1C. The summed E-state index contributed by atoms with van der Waals surface area (Å²) in [7, 11) is 4.21. The topological polar surface area (TPSA) is 44.3 Å². The highest BCUT2D eigenvalue weighted by Crippen LogP contribution is 2.23. The van der Waals surface area contributed by atoms with Crippen molar-refractivity contribution in [3.63, 3.8) is 0 Å². The molecule has 0 unspecified atom stereocenters. The number of nitrogens with zero attached hydrogens (tertiary/aromatic N) is 4. The van der Waals surface area contributed by atoms with Crippen molar-refractivity contribution < 1.29 is 0 Å². The number of hydrogen-bond acceptors (Lipinski definition) is 5.